The van der Waals surface area contributed by atoms with Crippen LogP contribution in [-0.4, -0.2) is 0 Å². The average molecular weight is 431 g/mol. The molecular formula is C30H32F2. The monoisotopic (exact) mass is 430 g/mol. The van der Waals surface area contributed by atoms with E-state index in [0.717, 1.165) is 37.7 Å². The van der Waals surface area contributed by atoms with E-state index in [1.54, 1.807) is 12.1 Å². The van der Waals surface area contributed by atoms with E-state index in [-0.39, 0.29) is 11.5 Å². The Balaban J connectivity index is 1.46. The molecule has 2 aliphatic carbocycles. The predicted molar refractivity (Wildman–Crippen MR) is 128 cm³/mol. The third-order valence-corrected chi connectivity index (χ3v) is 7.47. The van der Waals surface area contributed by atoms with Gasteiger partial charge in [-0.2, -0.15) is 0 Å². The highest BCUT2D eigenvalue weighted by Gasteiger charge is 2.36. The van der Waals surface area contributed by atoms with E-state index in [0.29, 0.717) is 23.3 Å². The minimum Gasteiger partial charge on any atom is -0.203 e. The summed E-state index contributed by atoms with van der Waals surface area (Å²) in [6, 6.07) is 11.3. The molecule has 4 rings (SSSR count). The fourth-order valence-corrected chi connectivity index (χ4v) is 5.56. The predicted octanol–water partition coefficient (Wildman–Crippen LogP) is 7.97. The Hall–Kier alpha value is -2.66. The fraction of sp³-hybridized carbons (Fsp3) is 0.400. The maximum Gasteiger partial charge on any atom is 0.174 e. The third kappa shape index (κ3) is 5.04. The van der Waals surface area contributed by atoms with Crippen LogP contribution in [0.15, 0.2) is 61.7 Å². The van der Waals surface area contributed by atoms with Gasteiger partial charge in [-0.25, -0.2) is 8.78 Å². The number of fused-ring (bicyclic) bond motifs is 1. The van der Waals surface area contributed by atoms with Gasteiger partial charge in [0.05, 0.1) is 5.56 Å². The van der Waals surface area contributed by atoms with Gasteiger partial charge >= 0.3 is 0 Å². The fourth-order valence-electron chi connectivity index (χ4n) is 5.56. The first-order valence-corrected chi connectivity index (χ1v) is 11.9. The lowest BCUT2D eigenvalue weighted by molar-refractivity contribution is 0.132. The van der Waals surface area contributed by atoms with Gasteiger partial charge in [0.25, 0.3) is 0 Å². The van der Waals surface area contributed by atoms with E-state index in [1.807, 2.05) is 30.3 Å². The van der Waals surface area contributed by atoms with Crippen LogP contribution in [-0.2, 0) is 6.42 Å². The Morgan fingerprint density at radius 2 is 1.59 bits per heavy atom. The Kier molecular flexibility index (Phi) is 7.26. The number of halogens is 2. The van der Waals surface area contributed by atoms with Crippen molar-refractivity contribution in [2.45, 2.75) is 57.3 Å². The van der Waals surface area contributed by atoms with Crippen molar-refractivity contribution in [3.8, 4) is 11.8 Å². The van der Waals surface area contributed by atoms with Crippen molar-refractivity contribution in [3.63, 3.8) is 0 Å². The van der Waals surface area contributed by atoms with E-state index in [9.17, 15) is 4.39 Å². The lowest BCUT2D eigenvalue weighted by atomic mass is 9.64. The smallest absolute Gasteiger partial charge is 0.174 e. The van der Waals surface area contributed by atoms with E-state index < -0.39 is 11.6 Å². The molecule has 0 spiro atoms. The van der Waals surface area contributed by atoms with Crippen molar-refractivity contribution in [1.29, 1.82) is 0 Å². The summed E-state index contributed by atoms with van der Waals surface area (Å²) >= 11 is 0. The Bertz CT molecular complexity index is 1020. The molecule has 0 radical (unpaired) electrons. The first-order chi connectivity index (χ1) is 15.6. The van der Waals surface area contributed by atoms with Crippen LogP contribution >= 0.6 is 0 Å². The zero-order chi connectivity index (χ0) is 22.5. The molecule has 166 valence electrons. The highest BCUT2D eigenvalue weighted by atomic mass is 19.2. The molecule has 4 unspecified atom stereocenters. The lowest BCUT2D eigenvalue weighted by Crippen LogP contribution is -2.30. The van der Waals surface area contributed by atoms with E-state index in [4.69, 9.17) is 0 Å². The second kappa shape index (κ2) is 10.3. The number of aryl methyl sites for hydroxylation is 1. The first-order valence-electron chi connectivity index (χ1n) is 11.9. The molecule has 0 aliphatic heterocycles. The maximum absolute atomic E-state index is 15.0. The Morgan fingerprint density at radius 3 is 2.34 bits per heavy atom. The molecule has 2 aromatic carbocycles. The quantitative estimate of drug-likeness (QED) is 0.333. The summed E-state index contributed by atoms with van der Waals surface area (Å²) in [6.45, 7) is 7.70. The van der Waals surface area contributed by atoms with Gasteiger partial charge in [-0.1, -0.05) is 42.2 Å². The summed E-state index contributed by atoms with van der Waals surface area (Å²) in [5, 5.41) is 0. The zero-order valence-electron chi connectivity index (χ0n) is 18.8. The van der Waals surface area contributed by atoms with Gasteiger partial charge in [0, 0.05) is 5.56 Å². The standard InChI is InChI=1S/C30H32F2/c1-3-5-6-22-7-9-23(10-8-22)12-13-24-17-18-28(30(32)29(24)31)27-16-15-25-19-21(4-2)11-14-26(25)20-27/h3-4,7-10,17-18,21,25-27H,1-2,5-6,11,14-16,19-20H2. The normalized spacial score (nSPS) is 24.7. The van der Waals surface area contributed by atoms with Crippen LogP contribution < -0.4 is 0 Å². The molecule has 0 aromatic heterocycles. The summed E-state index contributed by atoms with van der Waals surface area (Å²) in [5.41, 5.74) is 2.67. The van der Waals surface area contributed by atoms with E-state index in [2.05, 4.69) is 31.1 Å². The molecule has 2 aromatic rings. The van der Waals surface area contributed by atoms with Crippen molar-refractivity contribution in [1.82, 2.24) is 0 Å². The van der Waals surface area contributed by atoms with Gasteiger partial charge in [-0.05, 0) is 104 Å². The van der Waals surface area contributed by atoms with Crippen LogP contribution in [0, 0.1) is 41.2 Å². The summed E-state index contributed by atoms with van der Waals surface area (Å²) in [7, 11) is 0. The number of hydrogen-bond donors (Lipinski definition) is 0. The molecule has 0 saturated heterocycles. The molecular weight excluding hydrogens is 398 g/mol. The third-order valence-electron chi connectivity index (χ3n) is 7.47. The van der Waals surface area contributed by atoms with Crippen molar-refractivity contribution >= 4 is 0 Å². The van der Waals surface area contributed by atoms with Crippen molar-refractivity contribution in [3.05, 3.63) is 95.6 Å². The van der Waals surface area contributed by atoms with Crippen molar-refractivity contribution in [2.75, 3.05) is 0 Å². The van der Waals surface area contributed by atoms with Gasteiger partial charge in [-0.15, -0.1) is 13.2 Å². The van der Waals surface area contributed by atoms with Gasteiger partial charge in [0.15, 0.2) is 11.6 Å². The number of rotatable bonds is 5. The second-order valence-corrected chi connectivity index (χ2v) is 9.44. The molecule has 2 heteroatoms. The molecule has 0 bridgehead atoms. The number of hydrogen-bond acceptors (Lipinski definition) is 0. The van der Waals surface area contributed by atoms with Crippen LogP contribution in [0.4, 0.5) is 8.78 Å². The summed E-state index contributed by atoms with van der Waals surface area (Å²) in [6.07, 6.45) is 12.4. The van der Waals surface area contributed by atoms with Gasteiger partial charge in [-0.3, -0.25) is 0 Å². The molecule has 0 nitrogen and oxygen atoms in total. The number of allylic oxidation sites excluding steroid dienone is 2. The molecule has 0 heterocycles. The van der Waals surface area contributed by atoms with Crippen LogP contribution in [0.25, 0.3) is 0 Å². The van der Waals surface area contributed by atoms with Crippen molar-refractivity contribution in [2.24, 2.45) is 17.8 Å². The zero-order valence-corrected chi connectivity index (χ0v) is 18.8. The first kappa shape index (κ1) is 22.5. The molecule has 2 aliphatic rings. The Morgan fingerprint density at radius 1 is 0.844 bits per heavy atom. The van der Waals surface area contributed by atoms with Crippen LogP contribution in [0.3, 0.4) is 0 Å². The van der Waals surface area contributed by atoms with Crippen molar-refractivity contribution < 1.29 is 8.78 Å². The minimum atomic E-state index is -0.810. The highest BCUT2D eigenvalue weighted by Crippen LogP contribution is 2.48. The topological polar surface area (TPSA) is 0 Å². The summed E-state index contributed by atoms with van der Waals surface area (Å²) < 4.78 is 29.9. The van der Waals surface area contributed by atoms with Gasteiger partial charge in [0.1, 0.15) is 0 Å². The summed E-state index contributed by atoms with van der Waals surface area (Å²) in [4.78, 5) is 0. The van der Waals surface area contributed by atoms with Crippen LogP contribution in [0.2, 0.25) is 0 Å². The highest BCUT2D eigenvalue weighted by molar-refractivity contribution is 5.45. The summed E-state index contributed by atoms with van der Waals surface area (Å²) in [5.74, 6) is 6.36. The molecule has 2 fully saturated rings. The lowest BCUT2D eigenvalue weighted by Gasteiger charge is -2.41. The maximum atomic E-state index is 15.0. The average Bonchev–Trinajstić information content (AvgIpc) is 2.83. The van der Waals surface area contributed by atoms with E-state index in [1.165, 1.54) is 24.8 Å². The molecule has 0 N–H and O–H groups in total. The largest absolute Gasteiger partial charge is 0.203 e. The van der Waals surface area contributed by atoms with Crippen LogP contribution in [0.5, 0.6) is 0 Å². The SMILES string of the molecule is C=CCCc1ccc(C#Cc2ccc(C3CCC4CC(C=C)CCC4C3)c(F)c2F)cc1. The second-order valence-electron chi connectivity index (χ2n) is 9.44. The molecule has 32 heavy (non-hydrogen) atoms. The van der Waals surface area contributed by atoms with Gasteiger partial charge < -0.3 is 0 Å². The number of benzene rings is 2. The Labute approximate surface area is 191 Å². The minimum absolute atomic E-state index is 0.108. The van der Waals surface area contributed by atoms with E-state index >= 15 is 4.39 Å². The van der Waals surface area contributed by atoms with Crippen LogP contribution in [0.1, 0.15) is 73.1 Å². The molecule has 4 atom stereocenters. The molecule has 0 amide bonds. The van der Waals surface area contributed by atoms with Gasteiger partial charge in [0.2, 0.25) is 0 Å². The molecule has 2 saturated carbocycles.